The zero-order chi connectivity index (χ0) is 28.6. The van der Waals surface area contributed by atoms with Gasteiger partial charge >= 0.3 is 0 Å². The Hall–Kier alpha value is -3.05. The summed E-state index contributed by atoms with van der Waals surface area (Å²) in [5, 5.41) is 11.4. The first-order valence-electron chi connectivity index (χ1n) is 13.1. The van der Waals surface area contributed by atoms with Gasteiger partial charge in [-0.15, -0.1) is 0 Å². The van der Waals surface area contributed by atoms with Crippen LogP contribution in [-0.4, -0.2) is 55.1 Å². The molecule has 0 radical (unpaired) electrons. The topological polar surface area (TPSA) is 105 Å². The highest BCUT2D eigenvalue weighted by Gasteiger charge is 2.36. The lowest BCUT2D eigenvalue weighted by atomic mass is 9.86. The summed E-state index contributed by atoms with van der Waals surface area (Å²) in [5.41, 5.74) is 1.88. The molecule has 0 unspecified atom stereocenters. The highest BCUT2D eigenvalue weighted by Crippen LogP contribution is 2.38. The van der Waals surface area contributed by atoms with Crippen LogP contribution in [0.4, 0.5) is 14.5 Å². The largest absolute Gasteiger partial charge is 0.395 e. The van der Waals surface area contributed by atoms with E-state index >= 15 is 0 Å². The molecule has 1 saturated carbocycles. The second-order valence-electron chi connectivity index (χ2n) is 11.2. The summed E-state index contributed by atoms with van der Waals surface area (Å²) in [6.07, 6.45) is 0.709. The number of halogens is 2. The van der Waals surface area contributed by atoms with Crippen molar-refractivity contribution in [3.63, 3.8) is 0 Å². The van der Waals surface area contributed by atoms with Gasteiger partial charge in [0.15, 0.2) is 0 Å². The van der Waals surface area contributed by atoms with Crippen LogP contribution in [0.5, 0.6) is 0 Å². The van der Waals surface area contributed by atoms with E-state index in [0.717, 1.165) is 11.3 Å². The summed E-state index contributed by atoms with van der Waals surface area (Å²) in [6.45, 7) is 6.64. The van der Waals surface area contributed by atoms with Crippen molar-refractivity contribution in [2.75, 3.05) is 24.5 Å². The SMILES string of the molecule is CN(c1ccc2c(c1)nc(C(C)(C)C)n2CC1CCC(F)(F)CC1)S(=O)(=O)c1ccc(C(=O)NCCO)cc1. The fraction of sp³-hybridized carbons (Fsp3) is 0.500. The van der Waals surface area contributed by atoms with Crippen molar-refractivity contribution in [2.24, 2.45) is 5.92 Å². The van der Waals surface area contributed by atoms with Gasteiger partial charge in [-0.2, -0.15) is 0 Å². The number of aliphatic hydroxyl groups is 1. The number of amides is 1. The Morgan fingerprint density at radius 3 is 2.38 bits per heavy atom. The number of fused-ring (bicyclic) bond motifs is 1. The predicted octanol–water partition coefficient (Wildman–Crippen LogP) is 4.71. The van der Waals surface area contributed by atoms with Crippen LogP contribution in [0.3, 0.4) is 0 Å². The van der Waals surface area contributed by atoms with E-state index < -0.39 is 21.9 Å². The van der Waals surface area contributed by atoms with Crippen LogP contribution in [0.1, 0.15) is 62.6 Å². The molecule has 0 bridgehead atoms. The molecule has 1 amide bonds. The molecule has 2 N–H and O–H groups in total. The van der Waals surface area contributed by atoms with Gasteiger partial charge in [0, 0.05) is 44.0 Å². The van der Waals surface area contributed by atoms with E-state index in [0.29, 0.717) is 30.6 Å². The number of carbonyl (C=O) groups is 1. The van der Waals surface area contributed by atoms with Gasteiger partial charge in [0.2, 0.25) is 5.92 Å². The second-order valence-corrected chi connectivity index (χ2v) is 13.2. The summed E-state index contributed by atoms with van der Waals surface area (Å²) >= 11 is 0. The van der Waals surface area contributed by atoms with E-state index in [9.17, 15) is 22.0 Å². The third-order valence-electron chi connectivity index (χ3n) is 7.22. The number of nitrogens with one attached hydrogen (secondary N) is 1. The van der Waals surface area contributed by atoms with E-state index in [-0.39, 0.29) is 47.8 Å². The van der Waals surface area contributed by atoms with Crippen LogP contribution in [-0.2, 0) is 22.0 Å². The number of aromatic nitrogens is 2. The molecule has 0 saturated heterocycles. The number of alkyl halides is 2. The number of rotatable bonds is 8. The van der Waals surface area contributed by atoms with Crippen LogP contribution >= 0.6 is 0 Å². The fourth-order valence-corrected chi connectivity index (χ4v) is 6.15. The maximum absolute atomic E-state index is 13.7. The molecule has 39 heavy (non-hydrogen) atoms. The molecular weight excluding hydrogens is 526 g/mol. The van der Waals surface area contributed by atoms with Gasteiger partial charge in [-0.1, -0.05) is 20.8 Å². The maximum Gasteiger partial charge on any atom is 0.264 e. The standard InChI is InChI=1S/C28H36F2N4O4S/c1-27(2,3)26-32-23-17-21(7-10-24(23)34(26)18-19-11-13-28(29,30)14-12-19)33(4)39(37,38)22-8-5-20(6-9-22)25(36)31-15-16-35/h5-10,17,19,35H,11-16,18H2,1-4H3,(H,31,36). The minimum atomic E-state index is -3.93. The third-order valence-corrected chi connectivity index (χ3v) is 9.02. The Labute approximate surface area is 228 Å². The molecule has 1 aromatic heterocycles. The van der Waals surface area contributed by atoms with Crippen molar-refractivity contribution in [1.29, 1.82) is 0 Å². The molecule has 212 valence electrons. The molecule has 3 aromatic rings. The molecule has 0 aliphatic heterocycles. The van der Waals surface area contributed by atoms with Gasteiger partial charge in [-0.05, 0) is 61.2 Å². The number of carbonyl (C=O) groups excluding carboxylic acids is 1. The minimum absolute atomic E-state index is 0.0267. The molecule has 4 rings (SSSR count). The zero-order valence-corrected chi connectivity index (χ0v) is 23.6. The molecular formula is C28H36F2N4O4S. The smallest absolute Gasteiger partial charge is 0.264 e. The van der Waals surface area contributed by atoms with Crippen LogP contribution in [0.25, 0.3) is 11.0 Å². The molecule has 0 spiro atoms. The summed E-state index contributed by atoms with van der Waals surface area (Å²) in [6, 6.07) is 10.9. The lowest BCUT2D eigenvalue weighted by molar-refractivity contribution is -0.0473. The van der Waals surface area contributed by atoms with Crippen LogP contribution in [0, 0.1) is 5.92 Å². The average Bonchev–Trinajstić information content (AvgIpc) is 3.26. The summed E-state index contributed by atoms with van der Waals surface area (Å²) in [4.78, 5) is 17.0. The van der Waals surface area contributed by atoms with Crippen molar-refractivity contribution in [1.82, 2.24) is 14.9 Å². The molecule has 1 aliphatic carbocycles. The Kier molecular flexibility index (Phi) is 8.05. The highest BCUT2D eigenvalue weighted by atomic mass is 32.2. The molecule has 1 heterocycles. The number of sulfonamides is 1. The quantitative estimate of drug-likeness (QED) is 0.414. The summed E-state index contributed by atoms with van der Waals surface area (Å²) in [7, 11) is -2.47. The Balaban J connectivity index is 1.62. The van der Waals surface area contributed by atoms with Crippen LogP contribution < -0.4 is 9.62 Å². The monoisotopic (exact) mass is 562 g/mol. The van der Waals surface area contributed by atoms with Crippen LogP contribution in [0.2, 0.25) is 0 Å². The number of imidazole rings is 1. The highest BCUT2D eigenvalue weighted by molar-refractivity contribution is 7.92. The van der Waals surface area contributed by atoms with Gasteiger partial charge in [0.25, 0.3) is 15.9 Å². The molecule has 1 aliphatic rings. The lowest BCUT2D eigenvalue weighted by Crippen LogP contribution is -2.28. The first-order valence-corrected chi connectivity index (χ1v) is 14.5. The van der Waals surface area contributed by atoms with E-state index in [4.69, 9.17) is 10.1 Å². The number of hydrogen-bond donors (Lipinski definition) is 2. The predicted molar refractivity (Wildman–Crippen MR) is 147 cm³/mol. The van der Waals surface area contributed by atoms with E-state index in [2.05, 4.69) is 9.88 Å². The number of nitrogens with zero attached hydrogens (tertiary/aromatic N) is 3. The van der Waals surface area contributed by atoms with E-state index in [1.54, 1.807) is 12.1 Å². The lowest BCUT2D eigenvalue weighted by Gasteiger charge is -2.30. The molecule has 1 fully saturated rings. The van der Waals surface area contributed by atoms with Crippen molar-refractivity contribution in [3.8, 4) is 0 Å². The Morgan fingerprint density at radius 2 is 1.79 bits per heavy atom. The number of aliphatic hydroxyl groups excluding tert-OH is 1. The van der Waals surface area contributed by atoms with Crippen molar-refractivity contribution in [3.05, 3.63) is 53.9 Å². The average molecular weight is 563 g/mol. The van der Waals surface area contributed by atoms with Gasteiger partial charge in [0.05, 0.1) is 28.2 Å². The van der Waals surface area contributed by atoms with Crippen molar-refractivity contribution in [2.45, 2.75) is 69.2 Å². The summed E-state index contributed by atoms with van der Waals surface area (Å²) < 4.78 is 57.5. The minimum Gasteiger partial charge on any atom is -0.395 e. The third kappa shape index (κ3) is 6.24. The molecule has 11 heteroatoms. The number of benzene rings is 2. The summed E-state index contributed by atoms with van der Waals surface area (Å²) in [5.74, 6) is -2.04. The normalized spacial score (nSPS) is 16.4. The fourth-order valence-electron chi connectivity index (χ4n) is 4.96. The van der Waals surface area contributed by atoms with Gasteiger partial charge in [-0.25, -0.2) is 22.2 Å². The second kappa shape index (κ2) is 10.8. The van der Waals surface area contributed by atoms with E-state index in [1.807, 2.05) is 26.8 Å². The first kappa shape index (κ1) is 28.9. The Morgan fingerprint density at radius 1 is 1.15 bits per heavy atom. The van der Waals surface area contributed by atoms with Gasteiger partial charge in [0.1, 0.15) is 5.82 Å². The zero-order valence-electron chi connectivity index (χ0n) is 22.7. The van der Waals surface area contributed by atoms with Gasteiger partial charge in [-0.3, -0.25) is 9.10 Å². The maximum atomic E-state index is 13.7. The van der Waals surface area contributed by atoms with Crippen molar-refractivity contribution >= 4 is 32.7 Å². The van der Waals surface area contributed by atoms with E-state index in [1.165, 1.54) is 35.6 Å². The number of hydrogen-bond acceptors (Lipinski definition) is 5. The molecule has 2 aromatic carbocycles. The first-order chi connectivity index (χ1) is 18.2. The van der Waals surface area contributed by atoms with Crippen molar-refractivity contribution < 1.29 is 27.1 Å². The number of anilines is 1. The van der Waals surface area contributed by atoms with Gasteiger partial charge < -0.3 is 15.0 Å². The molecule has 8 nitrogen and oxygen atoms in total. The Bertz CT molecular complexity index is 1440. The molecule has 0 atom stereocenters. The van der Waals surface area contributed by atoms with Crippen LogP contribution in [0.15, 0.2) is 47.4 Å².